The summed E-state index contributed by atoms with van der Waals surface area (Å²) in [5.41, 5.74) is 1.04. The van der Waals surface area contributed by atoms with Gasteiger partial charge in [-0.05, 0) is 46.9 Å². The predicted molar refractivity (Wildman–Crippen MR) is 110 cm³/mol. The van der Waals surface area contributed by atoms with Crippen molar-refractivity contribution in [2.45, 2.75) is 0 Å². The summed E-state index contributed by atoms with van der Waals surface area (Å²) >= 11 is 2.09. The van der Waals surface area contributed by atoms with Crippen LogP contribution in [-0.4, -0.2) is 21.3 Å². The van der Waals surface area contributed by atoms with Gasteiger partial charge in [-0.3, -0.25) is 4.79 Å². The lowest BCUT2D eigenvalue weighted by molar-refractivity contribution is 0.324. The molecule has 0 atom stereocenters. The third-order valence-electron chi connectivity index (χ3n) is 4.31. The van der Waals surface area contributed by atoms with Crippen LogP contribution in [0.2, 0.25) is 0 Å². The lowest BCUT2D eigenvalue weighted by Gasteiger charge is -2.13. The number of hydrogen-bond acceptors (Lipinski definition) is 6. The van der Waals surface area contributed by atoms with E-state index in [9.17, 15) is 4.79 Å². The summed E-state index contributed by atoms with van der Waals surface area (Å²) in [6, 6.07) is 10.6. The molecule has 0 N–H and O–H groups in total. The van der Waals surface area contributed by atoms with Gasteiger partial charge in [0, 0.05) is 5.56 Å². The molecule has 0 amide bonds. The molecule has 0 aliphatic heterocycles. The van der Waals surface area contributed by atoms with Crippen LogP contribution in [0.15, 0.2) is 50.0 Å². The molecule has 0 aliphatic carbocycles. The minimum absolute atomic E-state index is 0.126. The van der Waals surface area contributed by atoms with Crippen LogP contribution in [0, 0.1) is 3.57 Å². The van der Waals surface area contributed by atoms with Crippen LogP contribution in [0.25, 0.3) is 33.5 Å². The topological polar surface area (TPSA) is 71.0 Å². The average Bonchev–Trinajstić information content (AvgIpc) is 3.03. The molecule has 0 saturated heterocycles. The van der Waals surface area contributed by atoms with Gasteiger partial charge >= 0.3 is 5.78 Å². The number of fused-ring (bicyclic) bond motifs is 2. The summed E-state index contributed by atoms with van der Waals surface area (Å²) in [6.07, 6.45) is 0. The van der Waals surface area contributed by atoms with Gasteiger partial charge in [0.05, 0.1) is 30.3 Å². The Bertz CT molecular complexity index is 1200. The van der Waals surface area contributed by atoms with Gasteiger partial charge in [0.2, 0.25) is 11.2 Å². The summed E-state index contributed by atoms with van der Waals surface area (Å²) in [5, 5.41) is 0.929. The Morgan fingerprint density at radius 1 is 0.926 bits per heavy atom. The Morgan fingerprint density at radius 3 is 2.22 bits per heavy atom. The first-order valence-corrected chi connectivity index (χ1v) is 9.11. The first-order valence-electron chi connectivity index (χ1n) is 8.03. The van der Waals surface area contributed by atoms with E-state index in [4.69, 9.17) is 23.0 Å². The maximum Gasteiger partial charge on any atom is 0.303 e. The lowest BCUT2D eigenvalue weighted by Crippen LogP contribution is -2.01. The molecular formula is C20H15IO6. The molecule has 2 aromatic carbocycles. The number of methoxy groups -OCH3 is 3. The second-order valence-electron chi connectivity index (χ2n) is 5.75. The number of benzene rings is 2. The highest BCUT2D eigenvalue weighted by atomic mass is 127. The first-order chi connectivity index (χ1) is 13.1. The largest absolute Gasteiger partial charge is 0.493 e. The van der Waals surface area contributed by atoms with Crippen LogP contribution in [0.4, 0.5) is 0 Å². The monoisotopic (exact) mass is 478 g/mol. The number of rotatable bonds is 4. The van der Waals surface area contributed by atoms with Crippen LogP contribution >= 0.6 is 22.6 Å². The molecule has 0 bridgehead atoms. The molecule has 27 heavy (non-hydrogen) atoms. The number of hydrogen-bond donors (Lipinski definition) is 0. The number of halogens is 1. The van der Waals surface area contributed by atoms with E-state index in [1.807, 2.05) is 6.07 Å². The van der Waals surface area contributed by atoms with Crippen LogP contribution in [0.3, 0.4) is 0 Å². The zero-order chi connectivity index (χ0) is 19.1. The maximum absolute atomic E-state index is 12.9. The Morgan fingerprint density at radius 2 is 1.59 bits per heavy atom. The van der Waals surface area contributed by atoms with Crippen molar-refractivity contribution in [3.8, 4) is 28.6 Å². The van der Waals surface area contributed by atoms with Crippen LogP contribution in [-0.2, 0) is 0 Å². The summed E-state index contributed by atoms with van der Waals surface area (Å²) in [4.78, 5) is 12.9. The third-order valence-corrected chi connectivity index (χ3v) is 5.34. The summed E-state index contributed by atoms with van der Waals surface area (Å²) in [5.74, 6) is 2.16. The van der Waals surface area contributed by atoms with Crippen molar-refractivity contribution in [1.82, 2.24) is 0 Å². The Balaban J connectivity index is 2.03. The van der Waals surface area contributed by atoms with E-state index in [1.165, 1.54) is 0 Å². The molecule has 2 aromatic heterocycles. The molecule has 0 unspecified atom stereocenters. The normalized spacial score (nSPS) is 11.1. The molecule has 4 aromatic rings. The molecule has 0 aliphatic rings. The molecule has 0 saturated carbocycles. The second-order valence-corrected chi connectivity index (χ2v) is 6.83. The van der Waals surface area contributed by atoms with Crippen LogP contribution in [0.1, 0.15) is 0 Å². The minimum Gasteiger partial charge on any atom is -0.493 e. The Labute approximate surface area is 167 Å². The van der Waals surface area contributed by atoms with Crippen molar-refractivity contribution in [3.05, 3.63) is 50.2 Å². The summed E-state index contributed by atoms with van der Waals surface area (Å²) in [6.45, 7) is 0. The second kappa shape index (κ2) is 6.80. The van der Waals surface area contributed by atoms with E-state index < -0.39 is 0 Å². The van der Waals surface area contributed by atoms with Gasteiger partial charge in [-0.25, -0.2) is 0 Å². The van der Waals surface area contributed by atoms with Crippen molar-refractivity contribution in [1.29, 1.82) is 0 Å². The van der Waals surface area contributed by atoms with E-state index in [0.29, 0.717) is 48.5 Å². The SMILES string of the molecule is COc1cc(-c2oc3oc4ccccc4c(=O)c3c2I)cc(OC)c1OC. The zero-order valence-electron chi connectivity index (χ0n) is 14.8. The van der Waals surface area contributed by atoms with Crippen molar-refractivity contribution in [3.63, 3.8) is 0 Å². The van der Waals surface area contributed by atoms with Crippen LogP contribution < -0.4 is 19.6 Å². The Kier molecular flexibility index (Phi) is 4.47. The van der Waals surface area contributed by atoms with Gasteiger partial charge in [-0.2, -0.15) is 0 Å². The van der Waals surface area contributed by atoms with E-state index in [-0.39, 0.29) is 11.2 Å². The number of para-hydroxylation sites is 1. The zero-order valence-corrected chi connectivity index (χ0v) is 16.9. The van der Waals surface area contributed by atoms with Gasteiger partial charge < -0.3 is 23.0 Å². The van der Waals surface area contributed by atoms with Crippen molar-refractivity contribution in [2.75, 3.05) is 21.3 Å². The fraction of sp³-hybridized carbons (Fsp3) is 0.150. The van der Waals surface area contributed by atoms with Gasteiger partial charge in [-0.1, -0.05) is 12.1 Å². The summed E-state index contributed by atoms with van der Waals surface area (Å²) < 4.78 is 28.6. The molecule has 0 fully saturated rings. The highest BCUT2D eigenvalue weighted by Gasteiger charge is 2.23. The van der Waals surface area contributed by atoms with Crippen molar-refractivity contribution < 1.29 is 23.0 Å². The van der Waals surface area contributed by atoms with Crippen LogP contribution in [0.5, 0.6) is 17.2 Å². The smallest absolute Gasteiger partial charge is 0.303 e. The highest BCUT2D eigenvalue weighted by Crippen LogP contribution is 2.43. The highest BCUT2D eigenvalue weighted by molar-refractivity contribution is 14.1. The molecule has 0 radical (unpaired) electrons. The third kappa shape index (κ3) is 2.73. The standard InChI is InChI=1S/C20H15IO6/c1-23-13-8-10(9-14(24-2)19(13)25-3)18-16(21)15-17(22)11-6-4-5-7-12(11)26-20(15)27-18/h4-9H,1-3H3. The van der Waals surface area contributed by atoms with Gasteiger partial charge in [0.1, 0.15) is 11.0 Å². The molecule has 138 valence electrons. The minimum atomic E-state index is -0.126. The molecule has 6 nitrogen and oxygen atoms in total. The van der Waals surface area contributed by atoms with Gasteiger partial charge in [0.15, 0.2) is 17.3 Å². The Hall–Kier alpha value is -2.68. The predicted octanol–water partition coefficient (Wildman–Crippen LogP) is 4.84. The fourth-order valence-corrected chi connectivity index (χ4v) is 3.92. The first kappa shape index (κ1) is 17.7. The van der Waals surface area contributed by atoms with E-state index in [2.05, 4.69) is 22.6 Å². The van der Waals surface area contributed by atoms with Crippen molar-refractivity contribution >= 4 is 44.7 Å². The molecule has 4 rings (SSSR count). The quantitative estimate of drug-likeness (QED) is 0.391. The average molecular weight is 478 g/mol. The molecular weight excluding hydrogens is 463 g/mol. The molecule has 0 spiro atoms. The lowest BCUT2D eigenvalue weighted by atomic mass is 10.1. The summed E-state index contributed by atoms with van der Waals surface area (Å²) in [7, 11) is 4.63. The number of furan rings is 1. The van der Waals surface area contributed by atoms with E-state index >= 15 is 0 Å². The van der Waals surface area contributed by atoms with Crippen molar-refractivity contribution in [2.24, 2.45) is 0 Å². The van der Waals surface area contributed by atoms with Gasteiger partial charge in [0.25, 0.3) is 0 Å². The number of ether oxygens (including phenoxy) is 3. The fourth-order valence-electron chi connectivity index (χ4n) is 3.03. The molecule has 7 heteroatoms. The molecule has 2 heterocycles. The van der Waals surface area contributed by atoms with Gasteiger partial charge in [-0.15, -0.1) is 0 Å². The van der Waals surface area contributed by atoms with E-state index in [0.717, 1.165) is 0 Å². The maximum atomic E-state index is 12.9. The van der Waals surface area contributed by atoms with E-state index in [1.54, 1.807) is 51.7 Å².